The van der Waals surface area contributed by atoms with E-state index >= 15 is 0 Å². The lowest BCUT2D eigenvalue weighted by molar-refractivity contribution is -0.121. The number of ketones is 1. The number of carbonyl (C=O) groups is 1. The van der Waals surface area contributed by atoms with Gasteiger partial charge < -0.3 is 9.84 Å². The molecular weight excluding hydrogens is 503 g/mol. The number of Topliss-reactive ketones (excluding diaryl/α,β-unsaturated/α-hetero) is 1. The summed E-state index contributed by atoms with van der Waals surface area (Å²) in [4.78, 5) is 18.6. The third-order valence-corrected chi connectivity index (χ3v) is 9.16. The van der Waals surface area contributed by atoms with Crippen LogP contribution in [0.3, 0.4) is 0 Å². The van der Waals surface area contributed by atoms with Crippen molar-refractivity contribution in [1.29, 1.82) is 0 Å². The number of pyridine rings is 1. The Morgan fingerprint density at radius 3 is 2.67 bits per heavy atom. The molecule has 2 fully saturated rings. The van der Waals surface area contributed by atoms with Crippen molar-refractivity contribution in [2.24, 2.45) is 11.8 Å². The Bertz CT molecular complexity index is 1420. The molecule has 4 atom stereocenters. The fourth-order valence-corrected chi connectivity index (χ4v) is 6.66. The molecule has 0 amide bonds. The van der Waals surface area contributed by atoms with E-state index in [1.165, 1.54) is 30.2 Å². The number of aryl methyl sites for hydroxylation is 2. The number of hydrogen-bond acceptors (Lipinski definition) is 5. The highest BCUT2D eigenvalue weighted by Crippen LogP contribution is 2.48. The standard InChI is InChI=1S/C34H39FN2O3/c1-20-14-30(31(35)17-36-20)29-10-8-25(15-27(29)18-37-13-12-28(39)19-37)32-11-9-23-4-7-26(16-33(23)40-32)34(24-5-6-24)21(2)22(3)38/h4,7-8,10,14-17,21,24,28,32,34,39H,5-6,9,11-13,18-19H2,1-3H3/t21-,28-,32?,34+/m1/s1. The van der Waals surface area contributed by atoms with Crippen LogP contribution in [-0.4, -0.2) is 40.0 Å². The van der Waals surface area contributed by atoms with Crippen molar-refractivity contribution in [3.05, 3.63) is 82.4 Å². The van der Waals surface area contributed by atoms with Gasteiger partial charge in [0.05, 0.1) is 12.3 Å². The second-order valence-corrected chi connectivity index (χ2v) is 12.2. The van der Waals surface area contributed by atoms with Gasteiger partial charge in [-0.15, -0.1) is 0 Å². The minimum atomic E-state index is -0.332. The first-order chi connectivity index (χ1) is 19.3. The maximum Gasteiger partial charge on any atom is 0.149 e. The van der Waals surface area contributed by atoms with E-state index in [-0.39, 0.29) is 35.6 Å². The van der Waals surface area contributed by atoms with E-state index in [2.05, 4.69) is 47.1 Å². The SMILES string of the molecule is CC(=O)[C@@H](C)[C@H](c1ccc2c(c1)OC(c1ccc(-c3cc(C)ncc3F)c(CN3CC[C@@H](O)C3)c1)CC2)C1CC1. The third kappa shape index (κ3) is 5.57. The molecule has 40 heavy (non-hydrogen) atoms. The number of benzene rings is 2. The van der Waals surface area contributed by atoms with Crippen molar-refractivity contribution in [2.45, 2.75) is 77.5 Å². The Morgan fingerprint density at radius 1 is 1.12 bits per heavy atom. The fraction of sp³-hybridized carbons (Fsp3) is 0.471. The van der Waals surface area contributed by atoms with Gasteiger partial charge in [-0.1, -0.05) is 37.3 Å². The van der Waals surface area contributed by atoms with E-state index in [9.17, 15) is 14.3 Å². The van der Waals surface area contributed by atoms with Gasteiger partial charge in [0.25, 0.3) is 0 Å². The Kier molecular flexibility index (Phi) is 7.49. The van der Waals surface area contributed by atoms with Crippen LogP contribution in [0.25, 0.3) is 11.1 Å². The van der Waals surface area contributed by atoms with Crippen LogP contribution in [0.2, 0.25) is 0 Å². The van der Waals surface area contributed by atoms with Crippen LogP contribution in [0.4, 0.5) is 4.39 Å². The van der Waals surface area contributed by atoms with Crippen molar-refractivity contribution in [3.8, 4) is 16.9 Å². The molecule has 6 rings (SSSR count). The van der Waals surface area contributed by atoms with Gasteiger partial charge >= 0.3 is 0 Å². The van der Waals surface area contributed by atoms with Gasteiger partial charge in [-0.2, -0.15) is 0 Å². The van der Waals surface area contributed by atoms with E-state index < -0.39 is 0 Å². The summed E-state index contributed by atoms with van der Waals surface area (Å²) in [7, 11) is 0. The van der Waals surface area contributed by atoms with E-state index in [1.807, 2.05) is 13.0 Å². The van der Waals surface area contributed by atoms with Crippen molar-refractivity contribution in [1.82, 2.24) is 9.88 Å². The number of fused-ring (bicyclic) bond motifs is 1. The van der Waals surface area contributed by atoms with Gasteiger partial charge in [-0.05, 0) is 97.7 Å². The normalized spacial score (nSPS) is 22.4. The molecule has 3 heterocycles. The number of aliphatic hydroxyl groups is 1. The summed E-state index contributed by atoms with van der Waals surface area (Å²) in [5, 5.41) is 10.1. The van der Waals surface area contributed by atoms with Gasteiger partial charge in [-0.3, -0.25) is 14.7 Å². The molecular formula is C34H39FN2O3. The minimum Gasteiger partial charge on any atom is -0.485 e. The second kappa shape index (κ2) is 11.1. The summed E-state index contributed by atoms with van der Waals surface area (Å²) >= 11 is 0. The lowest BCUT2D eigenvalue weighted by Crippen LogP contribution is -2.22. The average molecular weight is 543 g/mol. The van der Waals surface area contributed by atoms with Gasteiger partial charge in [-0.25, -0.2) is 4.39 Å². The zero-order chi connectivity index (χ0) is 28.0. The molecule has 1 unspecified atom stereocenters. The maximum absolute atomic E-state index is 14.9. The Morgan fingerprint density at radius 2 is 1.95 bits per heavy atom. The monoisotopic (exact) mass is 542 g/mol. The number of ether oxygens (including phenoxy) is 1. The summed E-state index contributed by atoms with van der Waals surface area (Å²) in [5.74, 6) is 1.65. The molecule has 0 bridgehead atoms. The molecule has 1 saturated carbocycles. The molecule has 210 valence electrons. The lowest BCUT2D eigenvalue weighted by Gasteiger charge is -2.30. The Hall–Kier alpha value is -3.09. The van der Waals surface area contributed by atoms with Crippen LogP contribution >= 0.6 is 0 Å². The maximum atomic E-state index is 14.9. The summed E-state index contributed by atoms with van der Waals surface area (Å²) < 4.78 is 21.6. The van der Waals surface area contributed by atoms with Crippen LogP contribution < -0.4 is 4.74 Å². The summed E-state index contributed by atoms with van der Waals surface area (Å²) in [6, 6.07) is 14.6. The van der Waals surface area contributed by atoms with Crippen LogP contribution in [0.5, 0.6) is 5.75 Å². The molecule has 1 aromatic heterocycles. The molecule has 2 aliphatic heterocycles. The topological polar surface area (TPSA) is 62.7 Å². The number of hydrogen-bond donors (Lipinski definition) is 1. The Balaban J connectivity index is 1.31. The number of likely N-dealkylation sites (tertiary alicyclic amines) is 1. The Labute approximate surface area is 236 Å². The zero-order valence-corrected chi connectivity index (χ0v) is 23.7. The highest BCUT2D eigenvalue weighted by Gasteiger charge is 2.38. The van der Waals surface area contributed by atoms with Gasteiger partial charge in [0.1, 0.15) is 23.5 Å². The third-order valence-electron chi connectivity index (χ3n) is 9.16. The molecule has 0 spiro atoms. The largest absolute Gasteiger partial charge is 0.485 e. The van der Waals surface area contributed by atoms with E-state index in [1.54, 1.807) is 13.0 Å². The van der Waals surface area contributed by atoms with Crippen molar-refractivity contribution >= 4 is 5.78 Å². The van der Waals surface area contributed by atoms with Crippen LogP contribution in [0, 0.1) is 24.6 Å². The highest BCUT2D eigenvalue weighted by atomic mass is 19.1. The molecule has 1 N–H and O–H groups in total. The lowest BCUT2D eigenvalue weighted by atomic mass is 9.80. The van der Waals surface area contributed by atoms with Crippen LogP contribution in [0.15, 0.2) is 48.7 Å². The fourth-order valence-electron chi connectivity index (χ4n) is 6.66. The second-order valence-electron chi connectivity index (χ2n) is 12.2. The van der Waals surface area contributed by atoms with Gasteiger partial charge in [0, 0.05) is 36.8 Å². The first-order valence-electron chi connectivity index (χ1n) is 14.7. The summed E-state index contributed by atoms with van der Waals surface area (Å²) in [5.41, 5.74) is 6.71. The predicted molar refractivity (Wildman–Crippen MR) is 154 cm³/mol. The minimum absolute atomic E-state index is 0.00126. The molecule has 3 aliphatic rings. The summed E-state index contributed by atoms with van der Waals surface area (Å²) in [6.07, 6.45) is 5.79. The number of aromatic nitrogens is 1. The van der Waals surface area contributed by atoms with E-state index in [4.69, 9.17) is 4.74 Å². The molecule has 1 saturated heterocycles. The quantitative estimate of drug-likeness (QED) is 0.350. The number of aliphatic hydroxyl groups excluding tert-OH is 1. The van der Waals surface area contributed by atoms with Crippen molar-refractivity contribution in [3.63, 3.8) is 0 Å². The predicted octanol–water partition coefficient (Wildman–Crippen LogP) is 6.55. The molecule has 2 aromatic carbocycles. The number of carbonyl (C=O) groups excluding carboxylic acids is 1. The molecule has 6 heteroatoms. The number of nitrogens with zero attached hydrogens (tertiary/aromatic N) is 2. The smallest absolute Gasteiger partial charge is 0.149 e. The van der Waals surface area contributed by atoms with Gasteiger partial charge in [0.15, 0.2) is 0 Å². The zero-order valence-electron chi connectivity index (χ0n) is 23.7. The van der Waals surface area contributed by atoms with E-state index in [0.29, 0.717) is 24.6 Å². The average Bonchev–Trinajstić information content (AvgIpc) is 3.69. The molecule has 0 radical (unpaired) electrons. The molecule has 1 aliphatic carbocycles. The van der Waals surface area contributed by atoms with Crippen molar-refractivity contribution < 1.29 is 19.0 Å². The van der Waals surface area contributed by atoms with E-state index in [0.717, 1.165) is 53.9 Å². The van der Waals surface area contributed by atoms with Crippen molar-refractivity contribution in [2.75, 3.05) is 13.1 Å². The van der Waals surface area contributed by atoms with Crippen LogP contribution in [0.1, 0.15) is 79.5 Å². The first-order valence-corrected chi connectivity index (χ1v) is 14.7. The molecule has 3 aromatic rings. The number of rotatable bonds is 8. The highest BCUT2D eigenvalue weighted by molar-refractivity contribution is 5.79. The van der Waals surface area contributed by atoms with Crippen LogP contribution in [-0.2, 0) is 17.8 Å². The van der Waals surface area contributed by atoms with Gasteiger partial charge in [0.2, 0.25) is 0 Å². The first kappa shape index (κ1) is 27.1. The number of β-amino-alcohol motifs (C(OH)–C–C–N with tert-alkyl or cyclic N) is 1. The molecule has 5 nitrogen and oxygen atoms in total. The number of halogens is 1. The summed E-state index contributed by atoms with van der Waals surface area (Å²) in [6.45, 7) is 7.72.